The highest BCUT2D eigenvalue weighted by atomic mass is 79.9. The van der Waals surface area contributed by atoms with Gasteiger partial charge in [-0.25, -0.2) is 18.0 Å². The van der Waals surface area contributed by atoms with Crippen LogP contribution in [0.2, 0.25) is 0 Å². The first kappa shape index (κ1) is 27.0. The third-order valence-electron chi connectivity index (χ3n) is 5.95. The molecule has 0 N–H and O–H groups in total. The quantitative estimate of drug-likeness (QED) is 0.276. The van der Waals surface area contributed by atoms with Crippen LogP contribution in [-0.4, -0.2) is 82.0 Å². The fourth-order valence-electron chi connectivity index (χ4n) is 4.38. The summed E-state index contributed by atoms with van der Waals surface area (Å²) in [7, 11) is 0. The number of hydrogen-bond acceptors (Lipinski definition) is 4. The Balaban J connectivity index is 2.46. The number of rotatable bonds is 4. The molecule has 4 bridgehead atoms. The summed E-state index contributed by atoms with van der Waals surface area (Å²) in [5, 5.41) is -0.868. The lowest BCUT2D eigenvalue weighted by Gasteiger charge is -2.74. The van der Waals surface area contributed by atoms with E-state index in [0.29, 0.717) is 0 Å². The van der Waals surface area contributed by atoms with E-state index in [-0.39, 0.29) is 0 Å². The number of hydrogen-bond donors (Lipinski definition) is 0. The van der Waals surface area contributed by atoms with Crippen molar-refractivity contribution in [2.45, 2.75) is 58.1 Å². The van der Waals surface area contributed by atoms with Crippen molar-refractivity contribution in [1.82, 2.24) is 0 Å². The van der Waals surface area contributed by atoms with Gasteiger partial charge < -0.3 is 9.47 Å². The molecule has 20 heteroatoms. The maximum absolute atomic E-state index is 14.8. The predicted molar refractivity (Wildman–Crippen MR) is 74.8 cm³/mol. The molecule has 4 saturated carbocycles. The van der Waals surface area contributed by atoms with E-state index in [9.17, 15) is 75.4 Å². The molecule has 0 unspecified atom stereocenters. The molecule has 0 aromatic rings. The van der Waals surface area contributed by atoms with Crippen molar-refractivity contribution in [1.29, 1.82) is 0 Å². The van der Waals surface area contributed by atoms with E-state index in [1.54, 1.807) is 0 Å². The van der Waals surface area contributed by atoms with Gasteiger partial charge in [-0.2, -0.15) is 52.7 Å². The van der Waals surface area contributed by atoms with Crippen LogP contribution in [0.4, 0.5) is 65.9 Å². The second-order valence-corrected chi connectivity index (χ2v) is 7.93. The van der Waals surface area contributed by atoms with E-state index in [2.05, 4.69) is 25.4 Å². The van der Waals surface area contributed by atoms with Crippen LogP contribution in [-0.2, 0) is 19.1 Å². The first-order valence-electron chi connectivity index (χ1n) is 8.12. The highest BCUT2D eigenvalue weighted by Gasteiger charge is 3.24. The third-order valence-corrected chi connectivity index (χ3v) is 6.41. The maximum atomic E-state index is 14.8. The highest BCUT2D eigenvalue weighted by molar-refractivity contribution is 9.09. The summed E-state index contributed by atoms with van der Waals surface area (Å²) < 4.78 is 224. The number of esters is 2. The summed E-state index contributed by atoms with van der Waals surface area (Å²) in [6.45, 7) is -2.30. The minimum Gasteiger partial charge on any atom is -0.453 e. The Labute approximate surface area is 183 Å². The number of ether oxygens (including phenoxy) is 2. The Morgan fingerprint density at radius 3 is 1.09 bits per heavy atom. The van der Waals surface area contributed by atoms with Gasteiger partial charge in [0.1, 0.15) is 5.33 Å². The molecule has 0 radical (unpaired) electrons. The molecule has 4 nitrogen and oxygen atoms in total. The van der Waals surface area contributed by atoms with Gasteiger partial charge in [0, 0.05) is 0 Å². The van der Waals surface area contributed by atoms with Gasteiger partial charge in [0.15, 0.2) is 6.61 Å². The normalized spacial score (nSPS) is 43.3. The lowest BCUT2D eigenvalue weighted by atomic mass is 9.40. The van der Waals surface area contributed by atoms with Crippen LogP contribution in [0.5, 0.6) is 0 Å². The Hall–Kier alpha value is -1.63. The molecule has 0 amide bonds. The average Bonchev–Trinajstić information content (AvgIpc) is 2.69. The Morgan fingerprint density at radius 1 is 0.529 bits per heavy atom. The van der Waals surface area contributed by atoms with E-state index < -0.39 is 82.0 Å². The SMILES string of the molecule is O=C(CBr)OCC(=O)OC12C(F)(F)C3(F)C(F)(F)C(F)(C(F)(F)C(F)(C3(F)F)C1(F)F)C2(F)F. The number of halogens is 16. The summed E-state index contributed by atoms with van der Waals surface area (Å²) in [5.74, 6) is -52.3. The van der Waals surface area contributed by atoms with Gasteiger partial charge in [0.2, 0.25) is 0 Å². The fourth-order valence-corrected chi connectivity index (χ4v) is 4.54. The van der Waals surface area contributed by atoms with Gasteiger partial charge in [-0.05, 0) is 0 Å². The second-order valence-electron chi connectivity index (χ2n) is 7.37. The Kier molecular flexibility index (Phi) is 4.91. The van der Waals surface area contributed by atoms with Gasteiger partial charge in [-0.3, -0.25) is 4.79 Å². The number of alkyl halides is 16. The highest BCUT2D eigenvalue weighted by Crippen LogP contribution is 2.88. The van der Waals surface area contributed by atoms with E-state index in [0.717, 1.165) is 0 Å². The average molecular weight is 601 g/mol. The van der Waals surface area contributed by atoms with Gasteiger partial charge in [-0.15, -0.1) is 0 Å². The van der Waals surface area contributed by atoms with Crippen LogP contribution in [0, 0.1) is 0 Å². The zero-order chi connectivity index (χ0) is 27.0. The molecular weight excluding hydrogens is 597 g/mol. The predicted octanol–water partition coefficient (Wildman–Crippen LogP) is 4.18. The zero-order valence-corrected chi connectivity index (χ0v) is 16.7. The summed E-state index contributed by atoms with van der Waals surface area (Å²) >= 11 is 2.35. The summed E-state index contributed by atoms with van der Waals surface area (Å²) in [5.41, 5.74) is -31.0. The molecule has 0 aromatic heterocycles. The largest absolute Gasteiger partial charge is 0.453 e. The van der Waals surface area contributed by atoms with Crippen molar-refractivity contribution in [2.75, 3.05) is 11.9 Å². The molecule has 0 aliphatic heterocycles. The smallest absolute Gasteiger partial charge is 0.345 e. The Morgan fingerprint density at radius 2 is 0.824 bits per heavy atom. The monoisotopic (exact) mass is 600 g/mol. The van der Waals surface area contributed by atoms with Gasteiger partial charge >= 0.3 is 70.1 Å². The molecule has 0 atom stereocenters. The first-order chi connectivity index (χ1) is 14.8. The lowest BCUT2D eigenvalue weighted by molar-refractivity contribution is -0.614. The molecular formula is C14H4BrF15O4. The molecule has 0 heterocycles. The van der Waals surface area contributed by atoms with E-state index >= 15 is 0 Å². The van der Waals surface area contributed by atoms with Crippen molar-refractivity contribution >= 4 is 27.9 Å². The minimum atomic E-state index is -7.98. The molecule has 4 rings (SSSR count). The van der Waals surface area contributed by atoms with Crippen molar-refractivity contribution in [3.8, 4) is 0 Å². The van der Waals surface area contributed by atoms with Crippen molar-refractivity contribution in [3.63, 3.8) is 0 Å². The van der Waals surface area contributed by atoms with Gasteiger partial charge in [0.05, 0.1) is 0 Å². The maximum Gasteiger partial charge on any atom is 0.345 e. The molecule has 0 aromatic carbocycles. The Bertz CT molecular complexity index is 852. The molecule has 4 fully saturated rings. The summed E-state index contributed by atoms with van der Waals surface area (Å²) in [4.78, 5) is 22.4. The third kappa shape index (κ3) is 1.87. The number of carbonyl (C=O) groups excluding carboxylic acids is 2. The van der Waals surface area contributed by atoms with Gasteiger partial charge in [0.25, 0.3) is 0 Å². The van der Waals surface area contributed by atoms with Gasteiger partial charge in [-0.1, -0.05) is 15.9 Å². The van der Waals surface area contributed by atoms with E-state index in [4.69, 9.17) is 0 Å². The van der Waals surface area contributed by atoms with Crippen LogP contribution in [0.15, 0.2) is 0 Å². The standard InChI is InChI=1S/C14H4BrF15O4/c15-1-3(31)33-2-4(32)34-8-12(25,26)5(16)9(19,20)6(17,13(8,27)28)11(23,24)7(18,10(5,21)22)14(8,29)30/h1-2H2. The van der Waals surface area contributed by atoms with Crippen LogP contribution in [0.3, 0.4) is 0 Å². The summed E-state index contributed by atoms with van der Waals surface area (Å²) in [6.07, 6.45) is 0. The topological polar surface area (TPSA) is 52.6 Å². The second kappa shape index (κ2) is 6.19. The van der Waals surface area contributed by atoms with Crippen LogP contribution in [0.1, 0.15) is 0 Å². The van der Waals surface area contributed by atoms with Crippen molar-refractivity contribution in [3.05, 3.63) is 0 Å². The molecule has 196 valence electrons. The van der Waals surface area contributed by atoms with Crippen LogP contribution >= 0.6 is 15.9 Å². The zero-order valence-electron chi connectivity index (χ0n) is 15.1. The first-order valence-corrected chi connectivity index (χ1v) is 9.24. The van der Waals surface area contributed by atoms with Crippen LogP contribution < -0.4 is 0 Å². The lowest BCUT2D eigenvalue weighted by Crippen LogP contribution is -3.10. The molecule has 0 saturated heterocycles. The van der Waals surface area contributed by atoms with Crippen molar-refractivity contribution < 1.29 is 84.9 Å². The molecule has 0 spiro atoms. The van der Waals surface area contributed by atoms with Crippen LogP contribution in [0.25, 0.3) is 0 Å². The minimum absolute atomic E-state index is 0.868. The van der Waals surface area contributed by atoms with E-state index in [1.807, 2.05) is 0 Å². The molecule has 4 aliphatic rings. The number of carbonyl (C=O) groups is 2. The molecule has 34 heavy (non-hydrogen) atoms. The van der Waals surface area contributed by atoms with E-state index in [1.165, 1.54) is 0 Å². The molecule has 4 aliphatic carbocycles. The fraction of sp³-hybridized carbons (Fsp3) is 0.857. The summed E-state index contributed by atoms with van der Waals surface area (Å²) in [6, 6.07) is 0. The van der Waals surface area contributed by atoms with Crippen molar-refractivity contribution in [2.24, 2.45) is 0 Å².